The summed E-state index contributed by atoms with van der Waals surface area (Å²) in [6.45, 7) is 1.95. The molecule has 0 amide bonds. The van der Waals surface area contributed by atoms with E-state index in [9.17, 15) is 19.7 Å². The topological polar surface area (TPSA) is 67.9 Å². The molecule has 0 bridgehead atoms. The second-order valence-corrected chi connectivity index (χ2v) is 8.57. The first-order valence-electron chi connectivity index (χ1n) is 10.7. The number of rotatable bonds is 3. The van der Waals surface area contributed by atoms with Crippen LogP contribution in [-0.4, -0.2) is 17.9 Å². The van der Waals surface area contributed by atoms with Gasteiger partial charge in [0.1, 0.15) is 11.9 Å². The van der Waals surface area contributed by atoms with Gasteiger partial charge >= 0.3 is 0 Å². The number of halogens is 1. The molecule has 0 spiro atoms. The van der Waals surface area contributed by atoms with Gasteiger partial charge in [-0.15, -0.1) is 0 Å². The average Bonchev–Trinajstić information content (AvgIpc) is 3.15. The molecule has 5 heteroatoms. The van der Waals surface area contributed by atoms with Crippen molar-refractivity contribution in [2.45, 2.75) is 24.9 Å². The van der Waals surface area contributed by atoms with Crippen LogP contribution in [-0.2, 0) is 0 Å². The Bertz CT molecular complexity index is 1330. The maximum Gasteiger partial charge on any atom is 0.185 e. The molecule has 4 nitrogen and oxygen atoms in total. The highest BCUT2D eigenvalue weighted by Gasteiger charge is 2.63. The Morgan fingerprint density at radius 1 is 0.970 bits per heavy atom. The Kier molecular flexibility index (Phi) is 4.84. The van der Waals surface area contributed by atoms with Gasteiger partial charge in [0.25, 0.3) is 0 Å². The molecule has 2 aliphatic heterocycles. The smallest absolute Gasteiger partial charge is 0.185 e. The van der Waals surface area contributed by atoms with Gasteiger partial charge in [0, 0.05) is 17.2 Å². The van der Waals surface area contributed by atoms with Crippen molar-refractivity contribution in [1.29, 1.82) is 10.5 Å². The molecule has 3 aromatic rings. The molecule has 3 atom stereocenters. The van der Waals surface area contributed by atoms with E-state index in [1.54, 1.807) is 24.3 Å². The molecule has 5 rings (SSSR count). The fourth-order valence-corrected chi connectivity index (χ4v) is 5.17. The zero-order valence-electron chi connectivity index (χ0n) is 17.9. The second-order valence-electron chi connectivity index (χ2n) is 8.57. The van der Waals surface area contributed by atoms with Crippen molar-refractivity contribution in [3.05, 3.63) is 107 Å². The number of carbonyl (C=O) groups is 1. The fraction of sp³-hybridized carbons (Fsp3) is 0.179. The number of carbonyl (C=O) groups excluding carboxylic acids is 1. The van der Waals surface area contributed by atoms with Gasteiger partial charge in [-0.25, -0.2) is 4.39 Å². The zero-order valence-corrected chi connectivity index (χ0v) is 17.9. The lowest BCUT2D eigenvalue weighted by Gasteiger charge is -2.35. The van der Waals surface area contributed by atoms with E-state index < -0.39 is 29.2 Å². The van der Waals surface area contributed by atoms with E-state index in [1.807, 2.05) is 60.4 Å². The molecule has 160 valence electrons. The molecular formula is C28H20FN3O. The lowest BCUT2D eigenvalue weighted by Crippen LogP contribution is -2.44. The number of fused-ring (bicyclic) bond motifs is 3. The Labute approximate surface area is 191 Å². The third-order valence-corrected chi connectivity index (χ3v) is 6.75. The van der Waals surface area contributed by atoms with E-state index in [2.05, 4.69) is 12.1 Å². The molecule has 1 fully saturated rings. The predicted molar refractivity (Wildman–Crippen MR) is 124 cm³/mol. The minimum Gasteiger partial charge on any atom is -0.351 e. The number of ketones is 1. The molecule has 0 aromatic heterocycles. The lowest BCUT2D eigenvalue weighted by atomic mass is 9.69. The van der Waals surface area contributed by atoms with Gasteiger partial charge in [-0.3, -0.25) is 4.79 Å². The van der Waals surface area contributed by atoms with Crippen molar-refractivity contribution in [2.75, 3.05) is 4.90 Å². The zero-order chi connectivity index (χ0) is 23.2. The minimum absolute atomic E-state index is 0.174. The van der Waals surface area contributed by atoms with Gasteiger partial charge in [0.05, 0.1) is 18.2 Å². The van der Waals surface area contributed by atoms with Crippen LogP contribution >= 0.6 is 0 Å². The first-order valence-corrected chi connectivity index (χ1v) is 10.7. The van der Waals surface area contributed by atoms with Crippen molar-refractivity contribution in [2.24, 2.45) is 5.41 Å². The molecule has 33 heavy (non-hydrogen) atoms. The number of aryl methyl sites for hydroxylation is 1. The third-order valence-electron chi connectivity index (χ3n) is 6.75. The number of hydrogen-bond donors (Lipinski definition) is 0. The summed E-state index contributed by atoms with van der Waals surface area (Å²) in [6, 6.07) is 23.8. The molecule has 3 aromatic carbocycles. The quantitative estimate of drug-likeness (QED) is 0.518. The van der Waals surface area contributed by atoms with Crippen LogP contribution in [0, 0.1) is 40.8 Å². The van der Waals surface area contributed by atoms with Crippen LogP contribution in [0.4, 0.5) is 10.1 Å². The standard InChI is InChI=1S/C28H20FN3O/c1-18-6-8-21(9-7-18)27(33)26-25(20-10-13-22(29)14-11-20)28(16-30,17-31)24-15-12-19-4-2-3-5-23(19)32(24)26/h2-15,24-26H,1H3/t24-,25+,26-/m1/s1. The van der Waals surface area contributed by atoms with E-state index in [-0.39, 0.29) is 5.78 Å². The molecular weight excluding hydrogens is 413 g/mol. The van der Waals surface area contributed by atoms with Crippen LogP contribution in [0.15, 0.2) is 78.9 Å². The largest absolute Gasteiger partial charge is 0.351 e. The molecule has 0 N–H and O–H groups in total. The number of Topliss-reactive ketones (excluding diaryl/α,β-unsaturated/α-hetero) is 1. The Hall–Kier alpha value is -4.22. The van der Waals surface area contributed by atoms with E-state index in [0.29, 0.717) is 11.1 Å². The molecule has 0 aliphatic carbocycles. The fourth-order valence-electron chi connectivity index (χ4n) is 5.17. The van der Waals surface area contributed by atoms with Crippen molar-refractivity contribution in [3.63, 3.8) is 0 Å². The van der Waals surface area contributed by atoms with Crippen LogP contribution in [0.2, 0.25) is 0 Å². The summed E-state index contributed by atoms with van der Waals surface area (Å²) >= 11 is 0. The van der Waals surface area contributed by atoms with Crippen molar-refractivity contribution in [3.8, 4) is 12.1 Å². The first-order chi connectivity index (χ1) is 16.0. The van der Waals surface area contributed by atoms with Gasteiger partial charge in [-0.2, -0.15) is 10.5 Å². The van der Waals surface area contributed by atoms with Crippen molar-refractivity contribution in [1.82, 2.24) is 0 Å². The van der Waals surface area contributed by atoms with Crippen LogP contribution < -0.4 is 4.90 Å². The molecule has 0 radical (unpaired) electrons. The molecule has 0 saturated carbocycles. The van der Waals surface area contributed by atoms with Crippen LogP contribution in [0.1, 0.15) is 33.0 Å². The Morgan fingerprint density at radius 3 is 2.30 bits per heavy atom. The Balaban J connectivity index is 1.78. The second kappa shape index (κ2) is 7.73. The summed E-state index contributed by atoms with van der Waals surface area (Å²) < 4.78 is 13.8. The number of anilines is 1. The van der Waals surface area contributed by atoms with E-state index >= 15 is 0 Å². The monoisotopic (exact) mass is 433 g/mol. The van der Waals surface area contributed by atoms with Crippen LogP contribution in [0.25, 0.3) is 6.08 Å². The maximum absolute atomic E-state index is 14.0. The molecule has 2 heterocycles. The normalized spacial score (nSPS) is 22.1. The van der Waals surface area contributed by atoms with Crippen molar-refractivity contribution < 1.29 is 9.18 Å². The average molecular weight is 433 g/mol. The van der Waals surface area contributed by atoms with Crippen molar-refractivity contribution >= 4 is 17.5 Å². The summed E-state index contributed by atoms with van der Waals surface area (Å²) in [6.07, 6.45) is 3.74. The van der Waals surface area contributed by atoms with Crippen LogP contribution in [0.3, 0.4) is 0 Å². The number of hydrogen-bond acceptors (Lipinski definition) is 4. The van der Waals surface area contributed by atoms with Gasteiger partial charge < -0.3 is 4.90 Å². The predicted octanol–water partition coefficient (Wildman–Crippen LogP) is 5.42. The summed E-state index contributed by atoms with van der Waals surface area (Å²) in [4.78, 5) is 15.9. The molecule has 0 unspecified atom stereocenters. The van der Waals surface area contributed by atoms with E-state index in [4.69, 9.17) is 0 Å². The highest BCUT2D eigenvalue weighted by molar-refractivity contribution is 6.04. The van der Waals surface area contributed by atoms with Crippen LogP contribution in [0.5, 0.6) is 0 Å². The number of para-hydroxylation sites is 1. The maximum atomic E-state index is 14.0. The van der Waals surface area contributed by atoms with Gasteiger partial charge in [0.15, 0.2) is 11.2 Å². The molecule has 2 aliphatic rings. The molecule has 1 saturated heterocycles. The summed E-state index contributed by atoms with van der Waals surface area (Å²) in [7, 11) is 0. The van der Waals surface area contributed by atoms with E-state index in [0.717, 1.165) is 16.8 Å². The van der Waals surface area contributed by atoms with Gasteiger partial charge in [-0.1, -0.05) is 72.3 Å². The number of nitrogens with zero attached hydrogens (tertiary/aromatic N) is 3. The number of nitriles is 2. The summed E-state index contributed by atoms with van der Waals surface area (Å²) in [5.74, 6) is -1.37. The van der Waals surface area contributed by atoms with Gasteiger partial charge in [-0.05, 0) is 36.2 Å². The Morgan fingerprint density at radius 2 is 1.64 bits per heavy atom. The summed E-state index contributed by atoms with van der Waals surface area (Å²) in [5.41, 5.74) is 2.31. The minimum atomic E-state index is -1.53. The first kappa shape index (κ1) is 20.7. The summed E-state index contributed by atoms with van der Waals surface area (Å²) in [5, 5.41) is 20.8. The SMILES string of the molecule is Cc1ccc(C(=O)[C@H]2[C@H](c3ccc(F)cc3)C(C#N)(C#N)[C@H]3C=Cc4ccccc4N23)cc1. The highest BCUT2D eigenvalue weighted by Crippen LogP contribution is 2.55. The van der Waals surface area contributed by atoms with Gasteiger partial charge in [0.2, 0.25) is 0 Å². The van der Waals surface area contributed by atoms with E-state index in [1.165, 1.54) is 12.1 Å². The number of benzene rings is 3. The highest BCUT2D eigenvalue weighted by atomic mass is 19.1. The lowest BCUT2D eigenvalue weighted by molar-refractivity contribution is 0.0951. The third kappa shape index (κ3) is 3.05.